The molecule has 0 aromatic carbocycles. The molecule has 2 aliphatic heterocycles. The van der Waals surface area contributed by atoms with E-state index in [2.05, 4.69) is 12.2 Å². The number of carbonyl (C=O) groups excluding carboxylic acids is 1. The summed E-state index contributed by atoms with van der Waals surface area (Å²) in [6.45, 7) is 4.72. The molecule has 0 bridgehead atoms. The molecule has 0 aromatic heterocycles. The summed E-state index contributed by atoms with van der Waals surface area (Å²) < 4.78 is 5.56. The zero-order valence-electron chi connectivity index (χ0n) is 11.7. The standard InChI is InChI=1S/C13H25N3O2/c1-10-12(6-9-18-10)14-11-4-7-16(8-5-11)13(17)15(2)3/h10-12,14H,4-9H2,1-3H3. The van der Waals surface area contributed by atoms with Gasteiger partial charge in [-0.1, -0.05) is 0 Å². The van der Waals surface area contributed by atoms with Crippen molar-refractivity contribution in [1.29, 1.82) is 0 Å². The molecule has 104 valence electrons. The molecule has 0 spiro atoms. The van der Waals surface area contributed by atoms with Crippen molar-refractivity contribution in [3.63, 3.8) is 0 Å². The summed E-state index contributed by atoms with van der Waals surface area (Å²) in [5, 5.41) is 3.68. The zero-order chi connectivity index (χ0) is 13.1. The van der Waals surface area contributed by atoms with E-state index in [1.165, 1.54) is 0 Å². The van der Waals surface area contributed by atoms with E-state index in [4.69, 9.17) is 4.74 Å². The summed E-state index contributed by atoms with van der Waals surface area (Å²) in [6, 6.07) is 1.16. The van der Waals surface area contributed by atoms with Crippen LogP contribution < -0.4 is 5.32 Å². The monoisotopic (exact) mass is 255 g/mol. The van der Waals surface area contributed by atoms with Crippen LogP contribution in [-0.4, -0.2) is 67.8 Å². The molecule has 2 amide bonds. The first-order valence-corrected chi connectivity index (χ1v) is 6.92. The van der Waals surface area contributed by atoms with Crippen molar-refractivity contribution < 1.29 is 9.53 Å². The van der Waals surface area contributed by atoms with Gasteiger partial charge in [-0.25, -0.2) is 4.79 Å². The number of ether oxygens (including phenoxy) is 1. The minimum absolute atomic E-state index is 0.131. The average Bonchev–Trinajstić information content (AvgIpc) is 2.75. The molecular weight excluding hydrogens is 230 g/mol. The Morgan fingerprint density at radius 2 is 1.94 bits per heavy atom. The van der Waals surface area contributed by atoms with Crippen molar-refractivity contribution in [3.8, 4) is 0 Å². The zero-order valence-corrected chi connectivity index (χ0v) is 11.7. The third-order valence-corrected chi connectivity index (χ3v) is 3.97. The van der Waals surface area contributed by atoms with Gasteiger partial charge in [-0.15, -0.1) is 0 Å². The summed E-state index contributed by atoms with van der Waals surface area (Å²) >= 11 is 0. The normalized spacial score (nSPS) is 29.6. The fourth-order valence-corrected chi connectivity index (χ4v) is 2.77. The van der Waals surface area contributed by atoms with E-state index in [9.17, 15) is 4.79 Å². The van der Waals surface area contributed by atoms with Crippen LogP contribution in [0.3, 0.4) is 0 Å². The van der Waals surface area contributed by atoms with E-state index >= 15 is 0 Å². The van der Waals surface area contributed by atoms with E-state index in [0.29, 0.717) is 18.2 Å². The number of nitrogens with zero attached hydrogens (tertiary/aromatic N) is 2. The van der Waals surface area contributed by atoms with Gasteiger partial charge in [-0.05, 0) is 26.2 Å². The topological polar surface area (TPSA) is 44.8 Å². The maximum atomic E-state index is 11.8. The first-order valence-electron chi connectivity index (χ1n) is 6.92. The second kappa shape index (κ2) is 5.89. The molecule has 0 aliphatic carbocycles. The third kappa shape index (κ3) is 3.14. The van der Waals surface area contributed by atoms with Crippen LogP contribution in [0.2, 0.25) is 0 Å². The van der Waals surface area contributed by atoms with Crippen LogP contribution in [0.1, 0.15) is 26.2 Å². The number of urea groups is 1. The molecule has 2 atom stereocenters. The SMILES string of the molecule is CC1OCCC1NC1CCN(C(=O)N(C)C)CC1. The highest BCUT2D eigenvalue weighted by Gasteiger charge is 2.29. The lowest BCUT2D eigenvalue weighted by molar-refractivity contribution is 0.106. The molecule has 2 unspecified atom stereocenters. The van der Waals surface area contributed by atoms with Crippen LogP contribution in [0.5, 0.6) is 0 Å². The van der Waals surface area contributed by atoms with E-state index in [1.54, 1.807) is 4.90 Å². The molecular formula is C13H25N3O2. The van der Waals surface area contributed by atoms with Gasteiger partial charge in [0, 0.05) is 45.9 Å². The predicted octanol–water partition coefficient (Wildman–Crippen LogP) is 0.899. The van der Waals surface area contributed by atoms with Gasteiger partial charge in [0.1, 0.15) is 0 Å². The van der Waals surface area contributed by atoms with Crippen LogP contribution in [0.4, 0.5) is 4.79 Å². The molecule has 2 rings (SSSR count). The number of likely N-dealkylation sites (tertiary alicyclic amines) is 1. The Labute approximate surface area is 109 Å². The molecule has 2 heterocycles. The maximum absolute atomic E-state index is 11.8. The number of amides is 2. The summed E-state index contributed by atoms with van der Waals surface area (Å²) in [7, 11) is 3.62. The summed E-state index contributed by atoms with van der Waals surface area (Å²) in [6.07, 6.45) is 3.52. The van der Waals surface area contributed by atoms with Crippen molar-refractivity contribution >= 4 is 6.03 Å². The Morgan fingerprint density at radius 1 is 1.28 bits per heavy atom. The van der Waals surface area contributed by atoms with Gasteiger partial charge in [0.2, 0.25) is 0 Å². The van der Waals surface area contributed by atoms with Gasteiger partial charge in [-0.3, -0.25) is 0 Å². The molecule has 5 nitrogen and oxygen atoms in total. The minimum atomic E-state index is 0.131. The number of piperidine rings is 1. The summed E-state index contributed by atoms with van der Waals surface area (Å²) in [5.41, 5.74) is 0. The fourth-order valence-electron chi connectivity index (χ4n) is 2.77. The van der Waals surface area contributed by atoms with E-state index in [1.807, 2.05) is 19.0 Å². The van der Waals surface area contributed by atoms with Gasteiger partial charge in [0.05, 0.1) is 6.10 Å². The van der Waals surface area contributed by atoms with E-state index in [-0.39, 0.29) is 6.03 Å². The van der Waals surface area contributed by atoms with E-state index < -0.39 is 0 Å². The van der Waals surface area contributed by atoms with Crippen LogP contribution in [0.25, 0.3) is 0 Å². The third-order valence-electron chi connectivity index (χ3n) is 3.97. The molecule has 0 radical (unpaired) electrons. The van der Waals surface area contributed by atoms with Gasteiger partial charge in [-0.2, -0.15) is 0 Å². The fraction of sp³-hybridized carbons (Fsp3) is 0.923. The van der Waals surface area contributed by atoms with Crippen molar-refractivity contribution in [1.82, 2.24) is 15.1 Å². The Bertz CT molecular complexity index is 288. The molecule has 0 aromatic rings. The molecule has 2 saturated heterocycles. The predicted molar refractivity (Wildman–Crippen MR) is 70.6 cm³/mol. The van der Waals surface area contributed by atoms with Crippen LogP contribution >= 0.6 is 0 Å². The van der Waals surface area contributed by atoms with Gasteiger partial charge in [0.15, 0.2) is 0 Å². The highest BCUT2D eigenvalue weighted by molar-refractivity contribution is 5.73. The lowest BCUT2D eigenvalue weighted by atomic mass is 10.0. The lowest BCUT2D eigenvalue weighted by Gasteiger charge is -2.35. The maximum Gasteiger partial charge on any atom is 0.319 e. The molecule has 2 aliphatic rings. The first-order chi connectivity index (χ1) is 8.58. The van der Waals surface area contributed by atoms with Crippen LogP contribution in [-0.2, 0) is 4.74 Å². The molecule has 1 N–H and O–H groups in total. The highest BCUT2D eigenvalue weighted by Crippen LogP contribution is 2.17. The van der Waals surface area contributed by atoms with Gasteiger partial charge < -0.3 is 19.9 Å². The number of rotatable bonds is 2. The Hall–Kier alpha value is -0.810. The number of hydrogen-bond donors (Lipinski definition) is 1. The van der Waals surface area contributed by atoms with Gasteiger partial charge >= 0.3 is 6.03 Å². The molecule has 18 heavy (non-hydrogen) atoms. The Balaban J connectivity index is 1.75. The number of hydrogen-bond acceptors (Lipinski definition) is 3. The Morgan fingerprint density at radius 3 is 2.44 bits per heavy atom. The van der Waals surface area contributed by atoms with Crippen molar-refractivity contribution in [2.24, 2.45) is 0 Å². The lowest BCUT2D eigenvalue weighted by Crippen LogP contribution is -2.51. The minimum Gasteiger partial charge on any atom is -0.377 e. The van der Waals surface area contributed by atoms with Crippen molar-refractivity contribution in [2.75, 3.05) is 33.8 Å². The summed E-state index contributed by atoms with van der Waals surface area (Å²) in [5.74, 6) is 0. The van der Waals surface area contributed by atoms with Crippen molar-refractivity contribution in [3.05, 3.63) is 0 Å². The molecule has 0 saturated carbocycles. The highest BCUT2D eigenvalue weighted by atomic mass is 16.5. The largest absolute Gasteiger partial charge is 0.377 e. The summed E-state index contributed by atoms with van der Waals surface area (Å²) in [4.78, 5) is 15.4. The molecule has 5 heteroatoms. The average molecular weight is 255 g/mol. The van der Waals surface area contributed by atoms with Crippen LogP contribution in [0.15, 0.2) is 0 Å². The quantitative estimate of drug-likeness (QED) is 0.797. The molecule has 2 fully saturated rings. The van der Waals surface area contributed by atoms with Crippen LogP contribution in [0, 0.1) is 0 Å². The van der Waals surface area contributed by atoms with Gasteiger partial charge in [0.25, 0.3) is 0 Å². The smallest absolute Gasteiger partial charge is 0.319 e. The number of carbonyl (C=O) groups is 1. The Kier molecular flexibility index (Phi) is 4.45. The number of nitrogens with one attached hydrogen (secondary N) is 1. The second-order valence-corrected chi connectivity index (χ2v) is 5.58. The second-order valence-electron chi connectivity index (χ2n) is 5.58. The van der Waals surface area contributed by atoms with Crippen molar-refractivity contribution in [2.45, 2.75) is 44.4 Å². The first kappa shape index (κ1) is 13.6. The van der Waals surface area contributed by atoms with E-state index in [0.717, 1.165) is 39.0 Å².